The minimum Gasteiger partial charge on any atom is -0.356 e. The summed E-state index contributed by atoms with van der Waals surface area (Å²) in [7, 11) is 5.81. The SMILES string of the molecule is CN=C(NCCc1nc(C)no1)N(C)Cc1cc(Br)cn1C. The summed E-state index contributed by atoms with van der Waals surface area (Å²) in [5, 5.41) is 7.08. The predicted octanol–water partition coefficient (Wildman–Crippen LogP) is 1.73. The molecule has 2 aromatic rings. The summed E-state index contributed by atoms with van der Waals surface area (Å²) in [6.07, 6.45) is 2.71. The maximum absolute atomic E-state index is 5.09. The van der Waals surface area contributed by atoms with Crippen molar-refractivity contribution in [2.75, 3.05) is 20.6 Å². The largest absolute Gasteiger partial charge is 0.356 e. The van der Waals surface area contributed by atoms with Gasteiger partial charge in [0, 0.05) is 50.5 Å². The van der Waals surface area contributed by atoms with Gasteiger partial charge in [-0.15, -0.1) is 0 Å². The van der Waals surface area contributed by atoms with Crippen LogP contribution < -0.4 is 5.32 Å². The molecule has 0 radical (unpaired) electrons. The first-order valence-corrected chi connectivity index (χ1v) is 7.80. The molecule has 2 heterocycles. The fourth-order valence-electron chi connectivity index (χ4n) is 2.15. The number of aromatic nitrogens is 3. The lowest BCUT2D eigenvalue weighted by Crippen LogP contribution is -2.39. The number of nitrogens with one attached hydrogen (secondary N) is 1. The number of guanidine groups is 1. The van der Waals surface area contributed by atoms with E-state index in [0.29, 0.717) is 24.7 Å². The molecule has 0 aliphatic rings. The van der Waals surface area contributed by atoms with E-state index >= 15 is 0 Å². The molecule has 0 spiro atoms. The number of aryl methyl sites for hydroxylation is 2. The molecule has 0 aliphatic heterocycles. The molecule has 2 aromatic heterocycles. The Morgan fingerprint density at radius 1 is 1.55 bits per heavy atom. The highest BCUT2D eigenvalue weighted by Crippen LogP contribution is 2.14. The fourth-order valence-corrected chi connectivity index (χ4v) is 2.72. The van der Waals surface area contributed by atoms with E-state index in [0.717, 1.165) is 17.0 Å². The third-order valence-corrected chi connectivity index (χ3v) is 3.67. The summed E-state index contributed by atoms with van der Waals surface area (Å²) in [5.74, 6) is 2.12. The molecule has 0 unspecified atom stereocenters. The van der Waals surface area contributed by atoms with Crippen molar-refractivity contribution in [2.24, 2.45) is 12.0 Å². The van der Waals surface area contributed by atoms with Crippen molar-refractivity contribution in [3.8, 4) is 0 Å². The van der Waals surface area contributed by atoms with Gasteiger partial charge in [-0.05, 0) is 28.9 Å². The molecule has 0 aromatic carbocycles. The lowest BCUT2D eigenvalue weighted by atomic mass is 10.4. The Labute approximate surface area is 138 Å². The summed E-state index contributed by atoms with van der Waals surface area (Å²) in [5.41, 5.74) is 1.20. The highest BCUT2D eigenvalue weighted by molar-refractivity contribution is 9.10. The van der Waals surface area contributed by atoms with Crippen molar-refractivity contribution in [2.45, 2.75) is 19.9 Å². The third-order valence-electron chi connectivity index (χ3n) is 3.24. The Balaban J connectivity index is 1.86. The van der Waals surface area contributed by atoms with E-state index < -0.39 is 0 Å². The van der Waals surface area contributed by atoms with Gasteiger partial charge < -0.3 is 19.3 Å². The standard InChI is InChI=1S/C14H21BrN6O/c1-10-18-13(22-19-10)5-6-17-14(16-2)21(4)9-12-7-11(15)8-20(12)3/h7-8H,5-6,9H2,1-4H3,(H,16,17). The number of rotatable bonds is 5. The van der Waals surface area contributed by atoms with Gasteiger partial charge in [0.15, 0.2) is 11.8 Å². The highest BCUT2D eigenvalue weighted by Gasteiger charge is 2.10. The quantitative estimate of drug-likeness (QED) is 0.642. The van der Waals surface area contributed by atoms with Crippen LogP contribution in [0.25, 0.3) is 0 Å². The molecule has 0 fully saturated rings. The van der Waals surface area contributed by atoms with E-state index in [2.05, 4.69) is 51.9 Å². The highest BCUT2D eigenvalue weighted by atomic mass is 79.9. The van der Waals surface area contributed by atoms with Crippen molar-refractivity contribution in [3.63, 3.8) is 0 Å². The summed E-state index contributed by atoms with van der Waals surface area (Å²) in [6.45, 7) is 3.27. The number of nitrogens with zero attached hydrogens (tertiary/aromatic N) is 5. The minimum absolute atomic E-state index is 0.634. The topological polar surface area (TPSA) is 71.5 Å². The first-order chi connectivity index (χ1) is 10.5. The van der Waals surface area contributed by atoms with Crippen LogP contribution in [-0.4, -0.2) is 46.2 Å². The Morgan fingerprint density at radius 2 is 2.32 bits per heavy atom. The number of halogens is 1. The lowest BCUT2D eigenvalue weighted by Gasteiger charge is -2.22. The number of aliphatic imine (C=N–C) groups is 1. The van der Waals surface area contributed by atoms with Gasteiger partial charge in [-0.1, -0.05) is 5.16 Å². The molecule has 0 saturated heterocycles. The Kier molecular flexibility index (Phi) is 5.59. The maximum atomic E-state index is 5.09. The second-order valence-electron chi connectivity index (χ2n) is 5.08. The third kappa shape index (κ3) is 4.33. The van der Waals surface area contributed by atoms with E-state index in [1.54, 1.807) is 7.05 Å². The van der Waals surface area contributed by atoms with Gasteiger partial charge in [-0.25, -0.2) is 0 Å². The van der Waals surface area contributed by atoms with Gasteiger partial charge in [0.1, 0.15) is 0 Å². The van der Waals surface area contributed by atoms with E-state index in [9.17, 15) is 0 Å². The molecule has 0 amide bonds. The van der Waals surface area contributed by atoms with Gasteiger partial charge >= 0.3 is 0 Å². The van der Waals surface area contributed by atoms with Gasteiger partial charge in [-0.3, -0.25) is 4.99 Å². The van der Waals surface area contributed by atoms with Gasteiger partial charge in [-0.2, -0.15) is 4.98 Å². The van der Waals surface area contributed by atoms with Crippen molar-refractivity contribution >= 4 is 21.9 Å². The van der Waals surface area contributed by atoms with Crippen molar-refractivity contribution < 1.29 is 4.52 Å². The smallest absolute Gasteiger partial charge is 0.228 e. The van der Waals surface area contributed by atoms with E-state index in [1.165, 1.54) is 5.69 Å². The predicted molar refractivity (Wildman–Crippen MR) is 88.7 cm³/mol. The van der Waals surface area contributed by atoms with Crippen LogP contribution in [0.15, 0.2) is 26.3 Å². The van der Waals surface area contributed by atoms with Crippen LogP contribution in [-0.2, 0) is 20.0 Å². The first-order valence-electron chi connectivity index (χ1n) is 7.01. The maximum Gasteiger partial charge on any atom is 0.228 e. The fraction of sp³-hybridized carbons (Fsp3) is 0.500. The van der Waals surface area contributed by atoms with Crippen LogP contribution in [0.4, 0.5) is 0 Å². The normalized spacial score (nSPS) is 11.8. The van der Waals surface area contributed by atoms with Crippen molar-refractivity contribution in [3.05, 3.63) is 34.1 Å². The molecule has 120 valence electrons. The summed E-state index contributed by atoms with van der Waals surface area (Å²) < 4.78 is 8.26. The summed E-state index contributed by atoms with van der Waals surface area (Å²) in [4.78, 5) is 10.6. The van der Waals surface area contributed by atoms with Gasteiger partial charge in [0.2, 0.25) is 5.89 Å². The van der Waals surface area contributed by atoms with Crippen molar-refractivity contribution in [1.29, 1.82) is 0 Å². The first kappa shape index (κ1) is 16.5. The minimum atomic E-state index is 0.634. The molecular weight excluding hydrogens is 348 g/mol. The van der Waals surface area contributed by atoms with Gasteiger partial charge in [0.25, 0.3) is 0 Å². The van der Waals surface area contributed by atoms with Crippen LogP contribution in [0, 0.1) is 6.92 Å². The second kappa shape index (κ2) is 7.44. The summed E-state index contributed by atoms with van der Waals surface area (Å²) >= 11 is 3.49. The van der Waals surface area contributed by atoms with Crippen LogP contribution in [0.5, 0.6) is 0 Å². The van der Waals surface area contributed by atoms with E-state index in [-0.39, 0.29) is 0 Å². The molecular formula is C14H21BrN6O. The summed E-state index contributed by atoms with van der Waals surface area (Å²) in [6, 6.07) is 2.10. The zero-order valence-electron chi connectivity index (χ0n) is 13.3. The van der Waals surface area contributed by atoms with Gasteiger partial charge in [0.05, 0.1) is 6.54 Å². The zero-order chi connectivity index (χ0) is 16.1. The Morgan fingerprint density at radius 3 is 2.86 bits per heavy atom. The van der Waals surface area contributed by atoms with Crippen LogP contribution in [0.1, 0.15) is 17.4 Å². The van der Waals surface area contributed by atoms with Crippen molar-refractivity contribution in [1.82, 2.24) is 24.9 Å². The molecule has 8 heteroatoms. The average Bonchev–Trinajstić information content (AvgIpc) is 3.01. The Hall–Kier alpha value is -1.83. The van der Waals surface area contributed by atoms with Crippen LogP contribution >= 0.6 is 15.9 Å². The average molecular weight is 369 g/mol. The molecule has 0 atom stereocenters. The molecule has 0 bridgehead atoms. The molecule has 0 aliphatic carbocycles. The molecule has 2 rings (SSSR count). The molecule has 7 nitrogen and oxygen atoms in total. The van der Waals surface area contributed by atoms with E-state index in [4.69, 9.17) is 4.52 Å². The second-order valence-corrected chi connectivity index (χ2v) is 5.99. The lowest BCUT2D eigenvalue weighted by molar-refractivity contribution is 0.373. The molecule has 22 heavy (non-hydrogen) atoms. The van der Waals surface area contributed by atoms with Crippen LogP contribution in [0.3, 0.4) is 0 Å². The zero-order valence-corrected chi connectivity index (χ0v) is 14.9. The Bertz CT molecular complexity index is 648. The number of hydrogen-bond acceptors (Lipinski definition) is 4. The number of hydrogen-bond donors (Lipinski definition) is 1. The van der Waals surface area contributed by atoms with E-state index in [1.807, 2.05) is 27.2 Å². The molecule has 0 saturated carbocycles. The van der Waals surface area contributed by atoms with Crippen LogP contribution in [0.2, 0.25) is 0 Å². The molecule has 1 N–H and O–H groups in total. The monoisotopic (exact) mass is 368 g/mol.